The van der Waals surface area contributed by atoms with Gasteiger partial charge in [0.25, 0.3) is 0 Å². The molecule has 1 aromatic rings. The highest BCUT2D eigenvalue weighted by Gasteiger charge is 2.22. The topological polar surface area (TPSA) is 57.7 Å². The van der Waals surface area contributed by atoms with E-state index >= 15 is 0 Å². The van der Waals surface area contributed by atoms with Gasteiger partial charge in [0.2, 0.25) is 0 Å². The Morgan fingerprint density at radius 3 is 2.76 bits per heavy atom. The van der Waals surface area contributed by atoms with Crippen LogP contribution in [0.2, 0.25) is 0 Å². The van der Waals surface area contributed by atoms with Crippen LogP contribution in [0.25, 0.3) is 0 Å². The van der Waals surface area contributed by atoms with Gasteiger partial charge >= 0.3 is 6.09 Å². The third kappa shape index (κ3) is 3.85. The second-order valence-corrected chi connectivity index (χ2v) is 5.13. The number of aromatic nitrogens is 1. The number of amides is 1. The molecule has 6 nitrogen and oxygen atoms in total. The number of piperazine rings is 1. The van der Waals surface area contributed by atoms with Crippen LogP contribution in [0.4, 0.5) is 10.6 Å². The number of hydrogen-bond donors (Lipinski definition) is 1. The number of carbonyl (C=O) groups excluding carboxylic acids is 1. The molecule has 2 rings (SSSR count). The van der Waals surface area contributed by atoms with Gasteiger partial charge in [-0.25, -0.2) is 9.78 Å². The minimum atomic E-state index is -0.220. The Bertz CT molecular complexity index is 472. The lowest BCUT2D eigenvalue weighted by Gasteiger charge is -2.35. The van der Waals surface area contributed by atoms with Gasteiger partial charge in [-0.3, -0.25) is 0 Å². The van der Waals surface area contributed by atoms with Gasteiger partial charge < -0.3 is 19.9 Å². The SMILES string of the molecule is CCOC(=O)N1CCN(c2cc(C(C)NC)ccn2)CC1. The monoisotopic (exact) mass is 292 g/mol. The van der Waals surface area contributed by atoms with Gasteiger partial charge in [-0.05, 0) is 38.6 Å². The summed E-state index contributed by atoms with van der Waals surface area (Å²) in [6.45, 7) is 7.28. The maximum Gasteiger partial charge on any atom is 0.409 e. The minimum absolute atomic E-state index is 0.220. The number of ether oxygens (including phenoxy) is 1. The first-order chi connectivity index (χ1) is 10.2. The highest BCUT2D eigenvalue weighted by Crippen LogP contribution is 2.19. The summed E-state index contributed by atoms with van der Waals surface area (Å²) in [4.78, 5) is 20.1. The van der Waals surface area contributed by atoms with Crippen molar-refractivity contribution in [3.05, 3.63) is 23.9 Å². The maximum atomic E-state index is 11.7. The molecule has 0 radical (unpaired) electrons. The van der Waals surface area contributed by atoms with Crippen molar-refractivity contribution in [3.8, 4) is 0 Å². The first-order valence-electron chi connectivity index (χ1n) is 7.45. The summed E-state index contributed by atoms with van der Waals surface area (Å²) >= 11 is 0. The molecule has 0 aliphatic carbocycles. The average Bonchev–Trinajstić information content (AvgIpc) is 2.54. The molecule has 1 unspecified atom stereocenters. The first-order valence-corrected chi connectivity index (χ1v) is 7.45. The Morgan fingerprint density at radius 1 is 1.43 bits per heavy atom. The molecule has 0 bridgehead atoms. The molecule has 1 atom stereocenters. The van der Waals surface area contributed by atoms with Crippen LogP contribution in [0.15, 0.2) is 18.3 Å². The third-order valence-electron chi connectivity index (χ3n) is 3.83. The van der Waals surface area contributed by atoms with Gasteiger partial charge in [-0.15, -0.1) is 0 Å². The minimum Gasteiger partial charge on any atom is -0.450 e. The fourth-order valence-electron chi connectivity index (χ4n) is 2.38. The van der Waals surface area contributed by atoms with Crippen LogP contribution in [-0.4, -0.2) is 55.8 Å². The molecule has 2 heterocycles. The second kappa shape index (κ2) is 7.26. The highest BCUT2D eigenvalue weighted by molar-refractivity contribution is 5.68. The number of pyridine rings is 1. The summed E-state index contributed by atoms with van der Waals surface area (Å²) in [5.74, 6) is 0.970. The summed E-state index contributed by atoms with van der Waals surface area (Å²) < 4.78 is 5.03. The molecule has 1 N–H and O–H groups in total. The van der Waals surface area contributed by atoms with Gasteiger partial charge in [0.15, 0.2) is 0 Å². The van der Waals surface area contributed by atoms with Gasteiger partial charge in [0.05, 0.1) is 6.61 Å². The van der Waals surface area contributed by atoms with E-state index in [1.54, 1.807) is 4.90 Å². The lowest BCUT2D eigenvalue weighted by molar-refractivity contribution is 0.105. The maximum absolute atomic E-state index is 11.7. The molecule has 0 spiro atoms. The molecule has 116 valence electrons. The van der Waals surface area contributed by atoms with Crippen LogP contribution < -0.4 is 10.2 Å². The number of hydrogen-bond acceptors (Lipinski definition) is 5. The molecule has 1 aliphatic rings. The van der Waals surface area contributed by atoms with Crippen LogP contribution in [-0.2, 0) is 4.74 Å². The number of rotatable bonds is 4. The van der Waals surface area contributed by atoms with Crippen LogP contribution >= 0.6 is 0 Å². The predicted octanol–water partition coefficient (Wildman–Crippen LogP) is 1.64. The van der Waals surface area contributed by atoms with Crippen LogP contribution in [0.1, 0.15) is 25.5 Å². The number of nitrogens with zero attached hydrogens (tertiary/aromatic N) is 3. The van der Waals surface area contributed by atoms with Crippen LogP contribution in [0.3, 0.4) is 0 Å². The zero-order valence-electron chi connectivity index (χ0n) is 13.0. The van der Waals surface area contributed by atoms with E-state index in [1.165, 1.54) is 5.56 Å². The summed E-state index contributed by atoms with van der Waals surface area (Å²) in [5.41, 5.74) is 1.22. The van der Waals surface area contributed by atoms with E-state index in [0.29, 0.717) is 25.7 Å². The predicted molar refractivity (Wildman–Crippen MR) is 82.5 cm³/mol. The summed E-state index contributed by atoms with van der Waals surface area (Å²) in [7, 11) is 1.95. The largest absolute Gasteiger partial charge is 0.450 e. The van der Waals surface area contributed by atoms with Gasteiger partial charge in [-0.1, -0.05) is 0 Å². The van der Waals surface area contributed by atoms with Gasteiger partial charge in [0.1, 0.15) is 5.82 Å². The van der Waals surface area contributed by atoms with E-state index in [0.717, 1.165) is 18.9 Å². The molecule has 1 aromatic heterocycles. The molecule has 1 saturated heterocycles. The summed E-state index contributed by atoms with van der Waals surface area (Å²) in [6.07, 6.45) is 1.62. The summed E-state index contributed by atoms with van der Waals surface area (Å²) in [6, 6.07) is 4.44. The molecular weight excluding hydrogens is 268 g/mol. The molecule has 0 saturated carbocycles. The van der Waals surface area contributed by atoms with Crippen molar-refractivity contribution in [1.29, 1.82) is 0 Å². The Labute approximate surface area is 126 Å². The van der Waals surface area contributed by atoms with Crippen LogP contribution in [0.5, 0.6) is 0 Å². The fourth-order valence-corrected chi connectivity index (χ4v) is 2.38. The van der Waals surface area contributed by atoms with Crippen molar-refractivity contribution in [2.75, 3.05) is 44.7 Å². The van der Waals surface area contributed by atoms with Gasteiger partial charge in [-0.2, -0.15) is 0 Å². The van der Waals surface area contributed by atoms with Crippen molar-refractivity contribution in [2.45, 2.75) is 19.9 Å². The van der Waals surface area contributed by atoms with Crippen molar-refractivity contribution in [2.24, 2.45) is 0 Å². The molecule has 21 heavy (non-hydrogen) atoms. The van der Waals surface area contributed by atoms with E-state index in [1.807, 2.05) is 26.2 Å². The number of anilines is 1. The Morgan fingerprint density at radius 2 is 2.14 bits per heavy atom. The lowest BCUT2D eigenvalue weighted by Crippen LogP contribution is -2.49. The Hall–Kier alpha value is -1.82. The molecule has 0 aromatic carbocycles. The number of carbonyl (C=O) groups is 1. The molecule has 1 fully saturated rings. The van der Waals surface area contributed by atoms with E-state index in [-0.39, 0.29) is 6.09 Å². The van der Waals surface area contributed by atoms with Crippen LogP contribution in [0, 0.1) is 0 Å². The standard InChI is InChI=1S/C15H24N4O2/c1-4-21-15(20)19-9-7-18(8-10-19)14-11-13(5-6-17-14)12(2)16-3/h5-6,11-12,16H,4,7-10H2,1-3H3. The Kier molecular flexibility index (Phi) is 5.38. The normalized spacial score (nSPS) is 16.7. The highest BCUT2D eigenvalue weighted by atomic mass is 16.6. The fraction of sp³-hybridized carbons (Fsp3) is 0.600. The lowest BCUT2D eigenvalue weighted by atomic mass is 10.1. The molecule has 6 heteroatoms. The third-order valence-corrected chi connectivity index (χ3v) is 3.83. The van der Waals surface area contributed by atoms with Crippen molar-refractivity contribution < 1.29 is 9.53 Å². The second-order valence-electron chi connectivity index (χ2n) is 5.13. The number of nitrogens with one attached hydrogen (secondary N) is 1. The van der Waals surface area contributed by atoms with Crippen molar-refractivity contribution >= 4 is 11.9 Å². The zero-order valence-corrected chi connectivity index (χ0v) is 13.0. The van der Waals surface area contributed by atoms with E-state index in [2.05, 4.69) is 28.2 Å². The van der Waals surface area contributed by atoms with E-state index in [9.17, 15) is 4.79 Å². The average molecular weight is 292 g/mol. The zero-order chi connectivity index (χ0) is 15.2. The van der Waals surface area contributed by atoms with Crippen molar-refractivity contribution in [3.63, 3.8) is 0 Å². The van der Waals surface area contributed by atoms with Gasteiger partial charge in [0, 0.05) is 38.4 Å². The smallest absolute Gasteiger partial charge is 0.409 e. The van der Waals surface area contributed by atoms with E-state index < -0.39 is 0 Å². The van der Waals surface area contributed by atoms with E-state index in [4.69, 9.17) is 4.74 Å². The first kappa shape index (κ1) is 15.6. The molecule has 1 amide bonds. The quantitative estimate of drug-likeness (QED) is 0.914. The Balaban J connectivity index is 1.97. The molecule has 1 aliphatic heterocycles. The van der Waals surface area contributed by atoms with Crippen molar-refractivity contribution in [1.82, 2.24) is 15.2 Å². The summed E-state index contributed by atoms with van der Waals surface area (Å²) in [5, 5.41) is 3.23. The molecular formula is C15H24N4O2.